The molecule has 1 heterocycles. The SMILES string of the molecule is CCOC(=O)C1CCN(C(=NC)NCc2ccc(OCC(F)(F)F)c(OC)c2)CC1. The van der Waals surface area contributed by atoms with Gasteiger partial charge in [0.2, 0.25) is 0 Å². The van der Waals surface area contributed by atoms with Gasteiger partial charge in [0.25, 0.3) is 0 Å². The van der Waals surface area contributed by atoms with Crippen LogP contribution in [0, 0.1) is 5.92 Å². The Hall–Kier alpha value is -2.65. The standard InChI is InChI=1S/C20H28F3N3O4/c1-4-29-18(27)15-7-9-26(10-8-15)19(24-2)25-12-14-5-6-16(17(11-14)28-3)30-13-20(21,22)23/h5-6,11,15H,4,7-10,12-13H2,1-3H3,(H,24,25). The minimum Gasteiger partial charge on any atom is -0.493 e. The first-order valence-corrected chi connectivity index (χ1v) is 9.76. The fourth-order valence-electron chi connectivity index (χ4n) is 3.20. The number of nitrogens with zero attached hydrogens (tertiary/aromatic N) is 2. The predicted octanol–water partition coefficient (Wildman–Crippen LogP) is 2.99. The summed E-state index contributed by atoms with van der Waals surface area (Å²) in [6, 6.07) is 4.75. The smallest absolute Gasteiger partial charge is 0.422 e. The monoisotopic (exact) mass is 431 g/mol. The number of nitrogens with one attached hydrogen (secondary N) is 1. The van der Waals surface area contributed by atoms with Crippen molar-refractivity contribution in [2.24, 2.45) is 10.9 Å². The zero-order valence-electron chi connectivity index (χ0n) is 17.4. The van der Waals surface area contributed by atoms with E-state index in [2.05, 4.69) is 15.2 Å². The quantitative estimate of drug-likeness (QED) is 0.407. The fourth-order valence-corrected chi connectivity index (χ4v) is 3.20. The maximum atomic E-state index is 12.4. The van der Waals surface area contributed by atoms with Crippen LogP contribution in [0.25, 0.3) is 0 Å². The molecule has 0 aliphatic carbocycles. The van der Waals surface area contributed by atoms with Gasteiger partial charge in [-0.3, -0.25) is 9.79 Å². The molecule has 0 aromatic heterocycles. The third kappa shape index (κ3) is 7.00. The molecule has 30 heavy (non-hydrogen) atoms. The largest absolute Gasteiger partial charge is 0.493 e. The molecule has 1 saturated heterocycles. The number of carbonyl (C=O) groups is 1. The molecule has 1 aromatic rings. The van der Waals surface area contributed by atoms with Crippen LogP contribution in [0.15, 0.2) is 23.2 Å². The first kappa shape index (κ1) is 23.6. The molecule has 1 fully saturated rings. The normalized spacial score (nSPS) is 15.7. The van der Waals surface area contributed by atoms with Crippen LogP contribution < -0.4 is 14.8 Å². The molecular weight excluding hydrogens is 403 g/mol. The minimum atomic E-state index is -4.42. The number of methoxy groups -OCH3 is 1. The molecular formula is C20H28F3N3O4. The summed E-state index contributed by atoms with van der Waals surface area (Å²) in [4.78, 5) is 18.2. The van der Waals surface area contributed by atoms with Gasteiger partial charge >= 0.3 is 12.1 Å². The maximum Gasteiger partial charge on any atom is 0.422 e. The number of esters is 1. The van der Waals surface area contributed by atoms with Crippen molar-refractivity contribution in [2.45, 2.75) is 32.5 Å². The second-order valence-electron chi connectivity index (χ2n) is 6.80. The highest BCUT2D eigenvalue weighted by Crippen LogP contribution is 2.30. The van der Waals surface area contributed by atoms with Crippen LogP contribution in [0.1, 0.15) is 25.3 Å². The maximum absolute atomic E-state index is 12.4. The van der Waals surface area contributed by atoms with Crippen LogP contribution in [-0.4, -0.2) is 63.5 Å². The van der Waals surface area contributed by atoms with Crippen molar-refractivity contribution >= 4 is 11.9 Å². The number of carbonyl (C=O) groups excluding carboxylic acids is 1. The van der Waals surface area contributed by atoms with Crippen molar-refractivity contribution in [1.29, 1.82) is 0 Å². The summed E-state index contributed by atoms with van der Waals surface area (Å²) in [5.74, 6) is 0.703. The van der Waals surface area contributed by atoms with Gasteiger partial charge < -0.3 is 24.4 Å². The Morgan fingerprint density at radius 1 is 1.27 bits per heavy atom. The number of piperidine rings is 1. The Balaban J connectivity index is 1.91. The van der Waals surface area contributed by atoms with Crippen molar-refractivity contribution in [1.82, 2.24) is 10.2 Å². The third-order valence-electron chi connectivity index (χ3n) is 4.70. The molecule has 168 valence electrons. The molecule has 10 heteroatoms. The summed E-state index contributed by atoms with van der Waals surface area (Å²) >= 11 is 0. The van der Waals surface area contributed by atoms with Gasteiger partial charge in [0, 0.05) is 26.7 Å². The van der Waals surface area contributed by atoms with Crippen LogP contribution in [-0.2, 0) is 16.1 Å². The number of ether oxygens (including phenoxy) is 3. The zero-order chi connectivity index (χ0) is 22.1. The number of rotatable bonds is 7. The Morgan fingerprint density at radius 3 is 2.53 bits per heavy atom. The highest BCUT2D eigenvalue weighted by Gasteiger charge is 2.29. The fraction of sp³-hybridized carbons (Fsp3) is 0.600. The topological polar surface area (TPSA) is 72.4 Å². The van der Waals surface area contributed by atoms with Gasteiger partial charge in [-0.2, -0.15) is 13.2 Å². The van der Waals surface area contributed by atoms with Gasteiger partial charge in [-0.25, -0.2) is 0 Å². The lowest BCUT2D eigenvalue weighted by atomic mass is 9.97. The molecule has 1 aliphatic heterocycles. The van der Waals surface area contributed by atoms with Crippen LogP contribution >= 0.6 is 0 Å². The molecule has 1 aromatic carbocycles. The number of hydrogen-bond acceptors (Lipinski definition) is 5. The summed E-state index contributed by atoms with van der Waals surface area (Å²) in [6.07, 6.45) is -3.03. The molecule has 1 aliphatic rings. The number of halogens is 3. The Kier molecular flexibility index (Phi) is 8.61. The average Bonchev–Trinajstić information content (AvgIpc) is 2.73. The molecule has 0 unspecified atom stereocenters. The summed E-state index contributed by atoms with van der Waals surface area (Å²) in [5, 5.41) is 3.24. The number of benzene rings is 1. The summed E-state index contributed by atoms with van der Waals surface area (Å²) < 4.78 is 52.1. The molecule has 0 bridgehead atoms. The van der Waals surface area contributed by atoms with Crippen LogP contribution in [0.5, 0.6) is 11.5 Å². The van der Waals surface area contributed by atoms with E-state index < -0.39 is 12.8 Å². The van der Waals surface area contributed by atoms with E-state index in [1.807, 2.05) is 0 Å². The number of likely N-dealkylation sites (tertiary alicyclic amines) is 1. The van der Waals surface area contributed by atoms with Gasteiger partial charge in [0.05, 0.1) is 19.6 Å². The molecule has 7 nitrogen and oxygen atoms in total. The number of aliphatic imine (C=N–C) groups is 1. The van der Waals surface area contributed by atoms with Crippen molar-refractivity contribution in [3.05, 3.63) is 23.8 Å². The van der Waals surface area contributed by atoms with Gasteiger partial charge in [-0.1, -0.05) is 6.07 Å². The molecule has 0 spiro atoms. The summed E-state index contributed by atoms with van der Waals surface area (Å²) in [7, 11) is 3.05. The van der Waals surface area contributed by atoms with E-state index in [-0.39, 0.29) is 23.4 Å². The summed E-state index contributed by atoms with van der Waals surface area (Å²) in [5.41, 5.74) is 0.800. The zero-order valence-corrected chi connectivity index (χ0v) is 17.4. The van der Waals surface area contributed by atoms with Crippen LogP contribution in [0.3, 0.4) is 0 Å². The van der Waals surface area contributed by atoms with E-state index in [0.717, 1.165) is 5.56 Å². The highest BCUT2D eigenvalue weighted by atomic mass is 19.4. The van der Waals surface area contributed by atoms with Gasteiger partial charge in [-0.05, 0) is 37.5 Å². The molecule has 2 rings (SSSR count). The van der Waals surface area contributed by atoms with Crippen LogP contribution in [0.4, 0.5) is 13.2 Å². The van der Waals surface area contributed by atoms with Gasteiger partial charge in [0.1, 0.15) is 0 Å². The number of hydrogen-bond donors (Lipinski definition) is 1. The van der Waals surface area contributed by atoms with Crippen LogP contribution in [0.2, 0.25) is 0 Å². The van der Waals surface area contributed by atoms with Crippen molar-refractivity contribution in [3.63, 3.8) is 0 Å². The second kappa shape index (κ2) is 10.9. The molecule has 0 radical (unpaired) electrons. The van der Waals surface area contributed by atoms with E-state index in [0.29, 0.717) is 45.0 Å². The first-order valence-electron chi connectivity index (χ1n) is 9.76. The number of guanidine groups is 1. The minimum absolute atomic E-state index is 0.0315. The predicted molar refractivity (Wildman–Crippen MR) is 106 cm³/mol. The summed E-state index contributed by atoms with van der Waals surface area (Å²) in [6.45, 7) is 2.55. The number of alkyl halides is 3. The molecule has 0 amide bonds. The molecule has 1 N–H and O–H groups in total. The molecule has 0 atom stereocenters. The average molecular weight is 431 g/mol. The van der Waals surface area contributed by atoms with E-state index in [1.165, 1.54) is 13.2 Å². The Bertz CT molecular complexity index is 732. The lowest BCUT2D eigenvalue weighted by Gasteiger charge is -2.33. The lowest BCUT2D eigenvalue weighted by molar-refractivity contribution is -0.153. The molecule has 0 saturated carbocycles. The first-order chi connectivity index (χ1) is 14.3. The van der Waals surface area contributed by atoms with E-state index in [1.54, 1.807) is 26.1 Å². The Labute approximate surface area is 174 Å². The van der Waals surface area contributed by atoms with Gasteiger partial charge in [-0.15, -0.1) is 0 Å². The van der Waals surface area contributed by atoms with Crippen molar-refractivity contribution in [3.8, 4) is 11.5 Å². The lowest BCUT2D eigenvalue weighted by Crippen LogP contribution is -2.46. The second-order valence-corrected chi connectivity index (χ2v) is 6.80. The van der Waals surface area contributed by atoms with Crippen molar-refractivity contribution in [2.75, 3.05) is 40.5 Å². The van der Waals surface area contributed by atoms with E-state index >= 15 is 0 Å². The highest BCUT2D eigenvalue weighted by molar-refractivity contribution is 5.80. The van der Waals surface area contributed by atoms with Gasteiger partial charge in [0.15, 0.2) is 24.1 Å². The Morgan fingerprint density at radius 2 is 1.97 bits per heavy atom. The third-order valence-corrected chi connectivity index (χ3v) is 4.70. The van der Waals surface area contributed by atoms with E-state index in [4.69, 9.17) is 14.2 Å². The van der Waals surface area contributed by atoms with Crippen molar-refractivity contribution < 1.29 is 32.2 Å². The van der Waals surface area contributed by atoms with E-state index in [9.17, 15) is 18.0 Å².